The van der Waals surface area contributed by atoms with Gasteiger partial charge in [-0.25, -0.2) is 0 Å². The molecule has 0 amide bonds. The van der Waals surface area contributed by atoms with E-state index in [0.717, 1.165) is 13.0 Å². The predicted octanol–water partition coefficient (Wildman–Crippen LogP) is 1.15. The zero-order valence-electron chi connectivity index (χ0n) is 5.69. The molecule has 0 aliphatic carbocycles. The molecule has 1 saturated heterocycles. The first-order chi connectivity index (χ1) is 4.43. The maximum Gasteiger partial charge on any atom is 0.0686 e. The minimum Gasteiger partial charge on any atom is -0.304 e. The van der Waals surface area contributed by atoms with Gasteiger partial charge in [0.2, 0.25) is 0 Å². The SMILES string of the molecule is C#C[C@@H]1CCCCCN1. The fraction of sp³-hybridized carbons (Fsp3) is 0.750. The van der Waals surface area contributed by atoms with E-state index < -0.39 is 0 Å². The molecule has 9 heavy (non-hydrogen) atoms. The average molecular weight is 123 g/mol. The second kappa shape index (κ2) is 3.53. The van der Waals surface area contributed by atoms with E-state index in [1.54, 1.807) is 0 Å². The molecule has 1 fully saturated rings. The Morgan fingerprint density at radius 1 is 1.33 bits per heavy atom. The molecule has 1 atom stereocenters. The zero-order valence-corrected chi connectivity index (χ0v) is 5.69. The van der Waals surface area contributed by atoms with E-state index in [-0.39, 0.29) is 0 Å². The van der Waals surface area contributed by atoms with Crippen molar-refractivity contribution in [3.63, 3.8) is 0 Å². The van der Waals surface area contributed by atoms with Gasteiger partial charge in [0, 0.05) is 0 Å². The van der Waals surface area contributed by atoms with Crippen LogP contribution in [-0.4, -0.2) is 12.6 Å². The summed E-state index contributed by atoms with van der Waals surface area (Å²) in [5.41, 5.74) is 0. The van der Waals surface area contributed by atoms with E-state index in [1.807, 2.05) is 0 Å². The Hall–Kier alpha value is -0.480. The summed E-state index contributed by atoms with van der Waals surface area (Å²) in [6.45, 7) is 1.11. The highest BCUT2D eigenvalue weighted by Gasteiger charge is 2.06. The van der Waals surface area contributed by atoms with Gasteiger partial charge in [0.15, 0.2) is 0 Å². The van der Waals surface area contributed by atoms with Gasteiger partial charge in [0.25, 0.3) is 0 Å². The third-order valence-electron chi connectivity index (χ3n) is 1.76. The lowest BCUT2D eigenvalue weighted by Crippen LogP contribution is -2.25. The van der Waals surface area contributed by atoms with Crippen LogP contribution in [0.5, 0.6) is 0 Å². The number of hydrogen-bond acceptors (Lipinski definition) is 1. The van der Waals surface area contributed by atoms with Crippen molar-refractivity contribution in [2.75, 3.05) is 6.54 Å². The van der Waals surface area contributed by atoms with Crippen molar-refractivity contribution in [1.29, 1.82) is 0 Å². The van der Waals surface area contributed by atoms with E-state index in [0.29, 0.717) is 6.04 Å². The predicted molar refractivity (Wildman–Crippen MR) is 39.1 cm³/mol. The number of terminal acetylenes is 1. The topological polar surface area (TPSA) is 12.0 Å². The second-order valence-electron chi connectivity index (χ2n) is 2.52. The normalized spacial score (nSPS) is 28.6. The summed E-state index contributed by atoms with van der Waals surface area (Å²) in [6.07, 6.45) is 10.3. The van der Waals surface area contributed by atoms with Gasteiger partial charge in [-0.1, -0.05) is 18.8 Å². The summed E-state index contributed by atoms with van der Waals surface area (Å²) in [6, 6.07) is 0.354. The molecule has 0 spiro atoms. The lowest BCUT2D eigenvalue weighted by Gasteiger charge is -2.05. The van der Waals surface area contributed by atoms with E-state index in [1.165, 1.54) is 19.3 Å². The van der Waals surface area contributed by atoms with Crippen LogP contribution >= 0.6 is 0 Å². The first kappa shape index (κ1) is 6.64. The minimum atomic E-state index is 0.354. The van der Waals surface area contributed by atoms with Gasteiger partial charge in [-0.15, -0.1) is 6.42 Å². The fourth-order valence-corrected chi connectivity index (χ4v) is 1.17. The van der Waals surface area contributed by atoms with Crippen LogP contribution in [0.1, 0.15) is 25.7 Å². The van der Waals surface area contributed by atoms with Crippen molar-refractivity contribution in [2.24, 2.45) is 0 Å². The molecule has 0 saturated carbocycles. The maximum absolute atomic E-state index is 5.26. The van der Waals surface area contributed by atoms with Gasteiger partial charge in [-0.2, -0.15) is 0 Å². The summed E-state index contributed by atoms with van der Waals surface area (Å²) < 4.78 is 0. The van der Waals surface area contributed by atoms with E-state index in [9.17, 15) is 0 Å². The molecule has 1 aliphatic rings. The third-order valence-corrected chi connectivity index (χ3v) is 1.76. The molecule has 0 aromatic carbocycles. The lowest BCUT2D eigenvalue weighted by atomic mass is 10.1. The Morgan fingerprint density at radius 2 is 2.22 bits per heavy atom. The molecule has 0 unspecified atom stereocenters. The first-order valence-corrected chi connectivity index (χ1v) is 3.63. The Morgan fingerprint density at radius 3 is 3.00 bits per heavy atom. The summed E-state index contributed by atoms with van der Waals surface area (Å²) in [5.74, 6) is 2.73. The quantitative estimate of drug-likeness (QED) is 0.476. The van der Waals surface area contributed by atoms with Crippen LogP contribution in [0.3, 0.4) is 0 Å². The Labute approximate surface area is 56.8 Å². The molecule has 0 aromatic heterocycles. The van der Waals surface area contributed by atoms with Crippen LogP contribution in [0.4, 0.5) is 0 Å². The highest BCUT2D eigenvalue weighted by atomic mass is 14.9. The van der Waals surface area contributed by atoms with Crippen LogP contribution in [0, 0.1) is 12.3 Å². The summed E-state index contributed by atoms with van der Waals surface area (Å²) in [7, 11) is 0. The Bertz CT molecular complexity index is 104. The standard InChI is InChI=1S/C8H13N/c1-2-8-6-4-3-5-7-9-8/h1,8-9H,3-7H2/t8-/m1/s1. The number of hydrogen-bond donors (Lipinski definition) is 1. The van der Waals surface area contributed by atoms with Crippen molar-refractivity contribution >= 4 is 0 Å². The van der Waals surface area contributed by atoms with Gasteiger partial charge in [-0.3, -0.25) is 0 Å². The van der Waals surface area contributed by atoms with Crippen LogP contribution in [0.15, 0.2) is 0 Å². The van der Waals surface area contributed by atoms with E-state index in [4.69, 9.17) is 6.42 Å². The van der Waals surface area contributed by atoms with Crippen LogP contribution < -0.4 is 5.32 Å². The highest BCUT2D eigenvalue weighted by Crippen LogP contribution is 2.06. The van der Waals surface area contributed by atoms with Crippen LogP contribution in [0.2, 0.25) is 0 Å². The van der Waals surface area contributed by atoms with E-state index >= 15 is 0 Å². The molecular formula is C8H13N. The number of rotatable bonds is 0. The van der Waals surface area contributed by atoms with E-state index in [2.05, 4.69) is 11.2 Å². The van der Waals surface area contributed by atoms with Crippen LogP contribution in [-0.2, 0) is 0 Å². The van der Waals surface area contributed by atoms with Gasteiger partial charge in [-0.05, 0) is 19.4 Å². The second-order valence-corrected chi connectivity index (χ2v) is 2.52. The zero-order chi connectivity index (χ0) is 6.53. The molecule has 50 valence electrons. The molecule has 0 bridgehead atoms. The summed E-state index contributed by atoms with van der Waals surface area (Å²) >= 11 is 0. The molecule has 1 aliphatic heterocycles. The van der Waals surface area contributed by atoms with Crippen molar-refractivity contribution in [1.82, 2.24) is 5.32 Å². The van der Waals surface area contributed by atoms with Crippen LogP contribution in [0.25, 0.3) is 0 Å². The fourth-order valence-electron chi connectivity index (χ4n) is 1.17. The Balaban J connectivity index is 2.29. The first-order valence-electron chi connectivity index (χ1n) is 3.63. The molecule has 1 heteroatoms. The monoisotopic (exact) mass is 123 g/mol. The van der Waals surface area contributed by atoms with Gasteiger partial charge in [0.1, 0.15) is 0 Å². The highest BCUT2D eigenvalue weighted by molar-refractivity contribution is 4.98. The summed E-state index contributed by atoms with van der Waals surface area (Å²) in [5, 5.41) is 3.30. The average Bonchev–Trinajstić information content (AvgIpc) is 2.13. The third kappa shape index (κ3) is 2.07. The minimum absolute atomic E-state index is 0.354. The van der Waals surface area contributed by atoms with Crippen molar-refractivity contribution in [3.8, 4) is 12.3 Å². The molecular weight excluding hydrogens is 110 g/mol. The van der Waals surface area contributed by atoms with Gasteiger partial charge < -0.3 is 5.32 Å². The van der Waals surface area contributed by atoms with Crippen molar-refractivity contribution < 1.29 is 0 Å². The number of nitrogens with one attached hydrogen (secondary N) is 1. The molecule has 1 nitrogen and oxygen atoms in total. The smallest absolute Gasteiger partial charge is 0.0686 e. The largest absolute Gasteiger partial charge is 0.304 e. The Kier molecular flexibility index (Phi) is 2.60. The molecule has 1 rings (SSSR count). The van der Waals surface area contributed by atoms with Gasteiger partial charge in [0.05, 0.1) is 6.04 Å². The molecule has 1 N–H and O–H groups in total. The summed E-state index contributed by atoms with van der Waals surface area (Å²) in [4.78, 5) is 0. The molecule has 0 radical (unpaired) electrons. The lowest BCUT2D eigenvalue weighted by molar-refractivity contribution is 0.614. The van der Waals surface area contributed by atoms with Gasteiger partial charge >= 0.3 is 0 Å². The van der Waals surface area contributed by atoms with Crippen molar-refractivity contribution in [2.45, 2.75) is 31.7 Å². The van der Waals surface area contributed by atoms with Crippen molar-refractivity contribution in [3.05, 3.63) is 0 Å². The maximum atomic E-state index is 5.26. The molecule has 0 aromatic rings. The molecule has 1 heterocycles.